The Kier molecular flexibility index (Phi) is 6.93. The van der Waals surface area contributed by atoms with Gasteiger partial charge < -0.3 is 20.1 Å². The second-order valence-electron chi connectivity index (χ2n) is 6.61. The summed E-state index contributed by atoms with van der Waals surface area (Å²) in [6.45, 7) is 7.59. The van der Waals surface area contributed by atoms with Crippen LogP contribution in [0.25, 0.3) is 0 Å². The van der Waals surface area contributed by atoms with Crippen LogP contribution in [-0.4, -0.2) is 41.7 Å². The first-order chi connectivity index (χ1) is 12.8. The summed E-state index contributed by atoms with van der Waals surface area (Å²) in [6.07, 6.45) is 9.91. The van der Waals surface area contributed by atoms with Crippen molar-refractivity contribution in [1.29, 1.82) is 0 Å². The van der Waals surface area contributed by atoms with E-state index < -0.39 is 0 Å². The zero-order valence-electron chi connectivity index (χ0n) is 15.7. The number of anilines is 1. The fourth-order valence-corrected chi connectivity index (χ4v) is 3.19. The fourth-order valence-electron chi connectivity index (χ4n) is 3.19. The zero-order chi connectivity index (χ0) is 18.0. The molecule has 0 aromatic carbocycles. The highest BCUT2D eigenvalue weighted by molar-refractivity contribution is 5.79. The number of nitrogens with zero attached hydrogens (tertiary/aromatic N) is 4. The molecular formula is C20H30N6. The highest BCUT2D eigenvalue weighted by atomic mass is 15.2. The molecule has 6 heteroatoms. The Hall–Kier alpha value is -2.50. The smallest absolute Gasteiger partial charge is 0.191 e. The van der Waals surface area contributed by atoms with Gasteiger partial charge in [-0.2, -0.15) is 0 Å². The van der Waals surface area contributed by atoms with E-state index in [9.17, 15) is 0 Å². The topological polar surface area (TPSA) is 57.5 Å². The summed E-state index contributed by atoms with van der Waals surface area (Å²) >= 11 is 0. The Morgan fingerprint density at radius 1 is 1.15 bits per heavy atom. The molecule has 3 heterocycles. The molecule has 0 saturated carbocycles. The summed E-state index contributed by atoms with van der Waals surface area (Å²) in [4.78, 5) is 11.7. The molecule has 1 aliphatic rings. The highest BCUT2D eigenvalue weighted by Gasteiger charge is 2.12. The number of aliphatic imine (C=N–C) groups is 1. The molecule has 2 aromatic rings. The Morgan fingerprint density at radius 3 is 2.73 bits per heavy atom. The first-order valence-corrected chi connectivity index (χ1v) is 9.68. The van der Waals surface area contributed by atoms with E-state index >= 15 is 0 Å². The van der Waals surface area contributed by atoms with Crippen LogP contribution in [0.1, 0.15) is 31.7 Å². The first kappa shape index (κ1) is 18.3. The second kappa shape index (κ2) is 9.85. The normalized spacial score (nSPS) is 15.1. The third-order valence-corrected chi connectivity index (χ3v) is 4.58. The lowest BCUT2D eigenvalue weighted by Crippen LogP contribution is -2.38. The maximum atomic E-state index is 4.73. The van der Waals surface area contributed by atoms with Crippen molar-refractivity contribution in [3.8, 4) is 0 Å². The van der Waals surface area contributed by atoms with Crippen molar-refractivity contribution >= 4 is 11.8 Å². The third-order valence-electron chi connectivity index (χ3n) is 4.58. The molecule has 6 nitrogen and oxygen atoms in total. The van der Waals surface area contributed by atoms with Crippen molar-refractivity contribution in [3.05, 3.63) is 48.4 Å². The Labute approximate surface area is 156 Å². The number of hydrogen-bond acceptors (Lipinski definition) is 3. The summed E-state index contributed by atoms with van der Waals surface area (Å²) in [5, 5.41) is 6.71. The maximum Gasteiger partial charge on any atom is 0.191 e. The lowest BCUT2D eigenvalue weighted by Gasteiger charge is -2.27. The molecule has 26 heavy (non-hydrogen) atoms. The molecule has 1 saturated heterocycles. The van der Waals surface area contributed by atoms with Crippen molar-refractivity contribution in [2.24, 2.45) is 4.99 Å². The van der Waals surface area contributed by atoms with Crippen molar-refractivity contribution in [1.82, 2.24) is 20.2 Å². The number of nitrogens with one attached hydrogen (secondary N) is 2. The Morgan fingerprint density at radius 2 is 1.96 bits per heavy atom. The molecule has 1 fully saturated rings. The summed E-state index contributed by atoms with van der Waals surface area (Å²) in [6, 6.07) is 8.32. The lowest BCUT2D eigenvalue weighted by molar-refractivity contribution is 0.573. The molecule has 2 aromatic heterocycles. The van der Waals surface area contributed by atoms with Crippen LogP contribution in [0.4, 0.5) is 5.82 Å². The van der Waals surface area contributed by atoms with Crippen LogP contribution in [0.5, 0.6) is 0 Å². The predicted octanol–water partition coefficient (Wildman–Crippen LogP) is 2.63. The van der Waals surface area contributed by atoms with Gasteiger partial charge in [-0.3, -0.25) is 0 Å². The molecule has 140 valence electrons. The van der Waals surface area contributed by atoms with Crippen molar-refractivity contribution < 1.29 is 0 Å². The molecule has 0 radical (unpaired) electrons. The van der Waals surface area contributed by atoms with Crippen molar-refractivity contribution in [3.63, 3.8) is 0 Å². The molecule has 0 unspecified atom stereocenters. The predicted molar refractivity (Wildman–Crippen MR) is 108 cm³/mol. The van der Waals surface area contributed by atoms with Gasteiger partial charge in [0, 0.05) is 51.3 Å². The van der Waals surface area contributed by atoms with E-state index in [4.69, 9.17) is 4.99 Å². The fraction of sp³-hybridized carbons (Fsp3) is 0.500. The van der Waals surface area contributed by atoms with Crippen LogP contribution in [0.15, 0.2) is 47.8 Å². The molecule has 0 atom stereocenters. The van der Waals surface area contributed by atoms with Crippen molar-refractivity contribution in [2.45, 2.75) is 39.3 Å². The van der Waals surface area contributed by atoms with Gasteiger partial charge in [-0.25, -0.2) is 9.98 Å². The van der Waals surface area contributed by atoms with Crippen LogP contribution in [-0.2, 0) is 13.1 Å². The zero-order valence-corrected chi connectivity index (χ0v) is 15.7. The van der Waals surface area contributed by atoms with E-state index in [2.05, 4.69) is 56.5 Å². The van der Waals surface area contributed by atoms with Crippen LogP contribution < -0.4 is 15.5 Å². The number of aromatic nitrogens is 2. The van der Waals surface area contributed by atoms with Crippen LogP contribution in [0.3, 0.4) is 0 Å². The monoisotopic (exact) mass is 354 g/mol. The van der Waals surface area contributed by atoms with Gasteiger partial charge in [-0.05, 0) is 56.0 Å². The van der Waals surface area contributed by atoms with E-state index in [-0.39, 0.29) is 0 Å². The first-order valence-electron chi connectivity index (χ1n) is 9.68. The summed E-state index contributed by atoms with van der Waals surface area (Å²) in [5.41, 5.74) is 1.20. The van der Waals surface area contributed by atoms with Gasteiger partial charge in [0.1, 0.15) is 5.82 Å². The molecule has 0 bridgehead atoms. The van der Waals surface area contributed by atoms with Crippen LogP contribution in [0.2, 0.25) is 0 Å². The van der Waals surface area contributed by atoms with Gasteiger partial charge in [0.15, 0.2) is 5.96 Å². The number of pyridine rings is 1. The quantitative estimate of drug-likeness (QED) is 0.593. The Balaban J connectivity index is 1.56. The largest absolute Gasteiger partial charge is 0.357 e. The van der Waals surface area contributed by atoms with Gasteiger partial charge in [-0.1, -0.05) is 0 Å². The van der Waals surface area contributed by atoms with Gasteiger partial charge in [-0.15, -0.1) is 0 Å². The summed E-state index contributed by atoms with van der Waals surface area (Å²) in [5.74, 6) is 1.94. The molecular weight excluding hydrogens is 324 g/mol. The maximum absolute atomic E-state index is 4.73. The molecule has 1 aliphatic heterocycles. The summed E-state index contributed by atoms with van der Waals surface area (Å²) < 4.78 is 2.16. The molecule has 0 spiro atoms. The van der Waals surface area contributed by atoms with Crippen LogP contribution >= 0.6 is 0 Å². The summed E-state index contributed by atoms with van der Waals surface area (Å²) in [7, 11) is 0. The minimum atomic E-state index is 0.655. The second-order valence-corrected chi connectivity index (χ2v) is 6.61. The highest BCUT2D eigenvalue weighted by Crippen LogP contribution is 2.18. The standard InChI is InChI=1S/C20H30N6/c1-2-21-20(23-10-15-25-11-6-7-12-25)24-17-18-8-9-22-19(16-18)26-13-4-3-5-14-26/h6-9,11-12,16H,2-5,10,13-15,17H2,1H3,(H2,21,23,24). The van der Waals surface area contributed by atoms with Crippen LogP contribution in [0, 0.1) is 0 Å². The van der Waals surface area contributed by atoms with Gasteiger partial charge in [0.2, 0.25) is 0 Å². The number of piperidine rings is 1. The van der Waals surface area contributed by atoms with E-state index in [0.29, 0.717) is 6.54 Å². The average Bonchev–Trinajstić information content (AvgIpc) is 3.20. The van der Waals surface area contributed by atoms with Crippen molar-refractivity contribution in [2.75, 3.05) is 31.1 Å². The number of rotatable bonds is 7. The van der Waals surface area contributed by atoms with Gasteiger partial charge in [0.25, 0.3) is 0 Å². The average molecular weight is 355 g/mol. The molecule has 0 aliphatic carbocycles. The van der Waals surface area contributed by atoms with E-state index in [0.717, 1.165) is 44.5 Å². The van der Waals surface area contributed by atoms with E-state index in [1.165, 1.54) is 24.8 Å². The van der Waals surface area contributed by atoms with Gasteiger partial charge >= 0.3 is 0 Å². The molecule has 0 amide bonds. The number of hydrogen-bond donors (Lipinski definition) is 2. The van der Waals surface area contributed by atoms with E-state index in [1.807, 2.05) is 18.3 Å². The number of guanidine groups is 1. The third kappa shape index (κ3) is 5.51. The lowest BCUT2D eigenvalue weighted by atomic mass is 10.1. The van der Waals surface area contributed by atoms with Gasteiger partial charge in [0.05, 0.1) is 6.54 Å². The minimum absolute atomic E-state index is 0.655. The Bertz CT molecular complexity index is 673. The van der Waals surface area contributed by atoms with E-state index in [1.54, 1.807) is 0 Å². The minimum Gasteiger partial charge on any atom is -0.357 e. The molecule has 3 rings (SSSR count). The molecule has 2 N–H and O–H groups in total. The SMILES string of the molecule is CCNC(=NCc1ccnc(N2CCCCC2)c1)NCCn1cccc1.